The largest absolute Gasteiger partial charge is 0.403 e. The van der Waals surface area contributed by atoms with Gasteiger partial charge in [0.05, 0.1) is 0 Å². The summed E-state index contributed by atoms with van der Waals surface area (Å²) in [7, 11) is 2.12. The van der Waals surface area contributed by atoms with Crippen LogP contribution in [0.1, 0.15) is 31.4 Å². The molecule has 2 heterocycles. The van der Waals surface area contributed by atoms with Crippen LogP contribution >= 0.6 is 0 Å². The van der Waals surface area contributed by atoms with Crippen molar-refractivity contribution < 1.29 is 18.0 Å². The summed E-state index contributed by atoms with van der Waals surface area (Å²) in [6, 6.07) is 7.81. The molecular formula is C21H29F3N4O. The quantitative estimate of drug-likeness (QED) is 0.832. The van der Waals surface area contributed by atoms with E-state index in [1.165, 1.54) is 4.90 Å². The van der Waals surface area contributed by atoms with Gasteiger partial charge in [0.1, 0.15) is 5.41 Å². The number of likely N-dealkylation sites (N-methyl/N-ethyl adjacent to an activating group) is 1. The first-order valence-electron chi connectivity index (χ1n) is 10.4. The number of carbonyl (C=O) groups is 1. The molecule has 1 N–H and O–H groups in total. The van der Waals surface area contributed by atoms with Crippen molar-refractivity contribution in [2.45, 2.75) is 38.0 Å². The van der Waals surface area contributed by atoms with Gasteiger partial charge < -0.3 is 20.0 Å². The molecule has 0 radical (unpaired) electrons. The van der Waals surface area contributed by atoms with Crippen LogP contribution < -0.4 is 10.2 Å². The lowest BCUT2D eigenvalue weighted by molar-refractivity contribution is -0.200. The Morgan fingerprint density at radius 3 is 2.28 bits per heavy atom. The molecule has 1 aromatic rings. The number of hydrogen-bond donors (Lipinski definition) is 1. The van der Waals surface area contributed by atoms with Crippen molar-refractivity contribution in [3.05, 3.63) is 29.8 Å². The minimum atomic E-state index is -4.46. The topological polar surface area (TPSA) is 38.8 Å². The summed E-state index contributed by atoms with van der Waals surface area (Å²) in [5.74, 6) is -0.752. The standard InChI is InChI=1S/C21H29F3N4O/c1-15-13-25-18(14-28(15)19(29)20(7-8-20)21(22,23)24)16-3-5-17(6-4-16)27-11-9-26(2)10-12-27/h3-6,15,18,25H,7-14H2,1-2H3/t15-,18-/m1/s1. The number of hydrogen-bond acceptors (Lipinski definition) is 4. The SMILES string of the molecule is C[C@@H]1CN[C@@H](c2ccc(N3CCN(C)CC3)cc2)CN1C(=O)C1(C(F)(F)F)CC1. The van der Waals surface area contributed by atoms with Gasteiger partial charge in [-0.25, -0.2) is 0 Å². The molecule has 8 heteroatoms. The van der Waals surface area contributed by atoms with Crippen LogP contribution in [0.25, 0.3) is 0 Å². The predicted octanol–water partition coefficient (Wildman–Crippen LogP) is 2.64. The fourth-order valence-corrected chi connectivity index (χ4v) is 4.37. The molecule has 1 amide bonds. The van der Waals surface area contributed by atoms with Gasteiger partial charge in [-0.3, -0.25) is 4.79 Å². The fourth-order valence-electron chi connectivity index (χ4n) is 4.37. The molecule has 0 unspecified atom stereocenters. The van der Waals surface area contributed by atoms with E-state index in [4.69, 9.17) is 0 Å². The zero-order valence-electron chi connectivity index (χ0n) is 17.0. The fraction of sp³-hybridized carbons (Fsp3) is 0.667. The average Bonchev–Trinajstić information content (AvgIpc) is 3.51. The lowest BCUT2D eigenvalue weighted by Crippen LogP contribution is -2.57. The zero-order chi connectivity index (χ0) is 20.8. The van der Waals surface area contributed by atoms with E-state index >= 15 is 0 Å². The maximum absolute atomic E-state index is 13.4. The van der Waals surface area contributed by atoms with Crippen LogP contribution in [-0.2, 0) is 4.79 Å². The van der Waals surface area contributed by atoms with Crippen LogP contribution in [0, 0.1) is 5.41 Å². The summed E-state index contributed by atoms with van der Waals surface area (Å²) in [6.45, 7) is 6.59. The van der Waals surface area contributed by atoms with E-state index in [9.17, 15) is 18.0 Å². The number of nitrogens with zero attached hydrogens (tertiary/aromatic N) is 3. The van der Waals surface area contributed by atoms with Crippen molar-refractivity contribution in [3.8, 4) is 0 Å². The maximum Gasteiger partial charge on any atom is 0.403 e. The monoisotopic (exact) mass is 410 g/mol. The van der Waals surface area contributed by atoms with E-state index in [-0.39, 0.29) is 31.5 Å². The van der Waals surface area contributed by atoms with E-state index in [0.29, 0.717) is 6.54 Å². The molecule has 3 aliphatic rings. The minimum Gasteiger partial charge on any atom is -0.369 e. The summed E-state index contributed by atoms with van der Waals surface area (Å²) in [5, 5.41) is 3.39. The Morgan fingerprint density at radius 1 is 1.10 bits per heavy atom. The molecule has 4 rings (SSSR count). The van der Waals surface area contributed by atoms with Gasteiger partial charge in [-0.1, -0.05) is 12.1 Å². The van der Waals surface area contributed by atoms with Gasteiger partial charge in [0.25, 0.3) is 0 Å². The Morgan fingerprint density at radius 2 is 1.72 bits per heavy atom. The average molecular weight is 410 g/mol. The van der Waals surface area contributed by atoms with Crippen molar-refractivity contribution in [1.29, 1.82) is 0 Å². The van der Waals surface area contributed by atoms with Crippen LogP contribution in [0.3, 0.4) is 0 Å². The van der Waals surface area contributed by atoms with Crippen LogP contribution in [-0.4, -0.2) is 74.2 Å². The van der Waals surface area contributed by atoms with Crippen molar-refractivity contribution in [2.75, 3.05) is 51.2 Å². The van der Waals surface area contributed by atoms with Gasteiger partial charge in [0, 0.05) is 57.0 Å². The first kappa shape index (κ1) is 20.5. The van der Waals surface area contributed by atoms with Crippen molar-refractivity contribution in [1.82, 2.24) is 15.1 Å². The molecule has 0 spiro atoms. The summed E-state index contributed by atoms with van der Waals surface area (Å²) >= 11 is 0. The highest BCUT2D eigenvalue weighted by Gasteiger charge is 2.69. The second-order valence-corrected chi connectivity index (χ2v) is 8.73. The second kappa shape index (κ2) is 7.47. The molecule has 1 saturated carbocycles. The number of amides is 1. The van der Waals surface area contributed by atoms with Crippen LogP contribution in [0.2, 0.25) is 0 Å². The lowest BCUT2D eigenvalue weighted by atomic mass is 9.98. The van der Waals surface area contributed by atoms with Crippen molar-refractivity contribution in [2.24, 2.45) is 5.41 Å². The van der Waals surface area contributed by atoms with E-state index in [1.54, 1.807) is 0 Å². The Hall–Kier alpha value is -1.80. The van der Waals surface area contributed by atoms with Crippen LogP contribution in [0.15, 0.2) is 24.3 Å². The second-order valence-electron chi connectivity index (χ2n) is 8.73. The number of benzene rings is 1. The summed E-state index contributed by atoms with van der Waals surface area (Å²) in [6.07, 6.45) is -4.64. The van der Waals surface area contributed by atoms with E-state index in [1.807, 2.05) is 19.1 Å². The normalized spacial score (nSPS) is 27.8. The number of anilines is 1. The molecule has 1 aromatic carbocycles. The lowest BCUT2D eigenvalue weighted by Gasteiger charge is -2.41. The number of halogens is 3. The Bertz CT molecular complexity index is 739. The van der Waals surface area contributed by atoms with Crippen LogP contribution in [0.5, 0.6) is 0 Å². The molecule has 1 aliphatic carbocycles. The van der Waals surface area contributed by atoms with E-state index in [0.717, 1.165) is 37.4 Å². The van der Waals surface area contributed by atoms with Gasteiger partial charge in [0.2, 0.25) is 5.91 Å². The summed E-state index contributed by atoms with van der Waals surface area (Å²) in [4.78, 5) is 18.9. The first-order valence-corrected chi connectivity index (χ1v) is 10.4. The molecule has 2 aliphatic heterocycles. The Kier molecular flexibility index (Phi) is 5.27. The molecule has 160 valence electrons. The van der Waals surface area contributed by atoms with Crippen molar-refractivity contribution in [3.63, 3.8) is 0 Å². The molecule has 3 fully saturated rings. The molecule has 2 atom stereocenters. The van der Waals surface area contributed by atoms with E-state index < -0.39 is 17.5 Å². The molecule has 0 bridgehead atoms. The molecular weight excluding hydrogens is 381 g/mol. The molecule has 29 heavy (non-hydrogen) atoms. The van der Waals surface area contributed by atoms with Gasteiger partial charge >= 0.3 is 6.18 Å². The number of rotatable bonds is 3. The zero-order valence-corrected chi connectivity index (χ0v) is 17.0. The third-order valence-electron chi connectivity index (χ3n) is 6.70. The minimum absolute atomic E-state index is 0.0869. The number of carbonyl (C=O) groups excluding carboxylic acids is 1. The van der Waals surface area contributed by atoms with E-state index in [2.05, 4.69) is 34.3 Å². The highest BCUT2D eigenvalue weighted by atomic mass is 19.4. The predicted molar refractivity (Wildman–Crippen MR) is 106 cm³/mol. The van der Waals surface area contributed by atoms with Gasteiger partial charge in [-0.05, 0) is 44.5 Å². The maximum atomic E-state index is 13.4. The molecule has 2 saturated heterocycles. The summed E-state index contributed by atoms with van der Waals surface area (Å²) < 4.78 is 40.3. The molecule has 0 aromatic heterocycles. The highest BCUT2D eigenvalue weighted by molar-refractivity contribution is 5.86. The number of piperazine rings is 2. The summed E-state index contributed by atoms with van der Waals surface area (Å²) in [5.41, 5.74) is 0.0198. The first-order chi connectivity index (χ1) is 13.7. The molecule has 5 nitrogen and oxygen atoms in total. The highest BCUT2D eigenvalue weighted by Crippen LogP contribution is 2.59. The van der Waals surface area contributed by atoms with Crippen LogP contribution in [0.4, 0.5) is 18.9 Å². The Labute approximate surface area is 169 Å². The van der Waals surface area contributed by atoms with Gasteiger partial charge in [0.15, 0.2) is 0 Å². The van der Waals surface area contributed by atoms with Crippen molar-refractivity contribution >= 4 is 11.6 Å². The number of nitrogens with one attached hydrogen (secondary N) is 1. The van der Waals surface area contributed by atoms with Gasteiger partial charge in [-0.2, -0.15) is 13.2 Å². The third-order valence-corrected chi connectivity index (χ3v) is 6.70. The smallest absolute Gasteiger partial charge is 0.369 e. The third kappa shape index (κ3) is 3.84. The number of alkyl halides is 3. The van der Waals surface area contributed by atoms with Gasteiger partial charge in [-0.15, -0.1) is 0 Å². The Balaban J connectivity index is 1.45.